The van der Waals surface area contributed by atoms with Crippen molar-refractivity contribution in [3.8, 4) is 5.75 Å². The monoisotopic (exact) mass is 186 g/mol. The van der Waals surface area contributed by atoms with Crippen LogP contribution in [0.25, 0.3) is 0 Å². The van der Waals surface area contributed by atoms with Crippen molar-refractivity contribution < 1.29 is 15.0 Å². The third-order valence-corrected chi connectivity index (χ3v) is 2.01. The first-order chi connectivity index (χ1) is 5.54. The minimum absolute atomic E-state index is 0.0856. The Labute approximate surface area is 74.2 Å². The number of phenols is 1. The van der Waals surface area contributed by atoms with Crippen molar-refractivity contribution >= 4 is 17.6 Å². The van der Waals surface area contributed by atoms with E-state index in [0.717, 1.165) is 0 Å². The van der Waals surface area contributed by atoms with Crippen LogP contribution in [0.1, 0.15) is 15.9 Å². The van der Waals surface area contributed by atoms with E-state index in [1.165, 1.54) is 6.07 Å². The summed E-state index contributed by atoms with van der Waals surface area (Å²) in [6.07, 6.45) is 0. The maximum Gasteiger partial charge on any atom is 0.341 e. The Morgan fingerprint density at radius 2 is 2.08 bits per heavy atom. The van der Waals surface area contributed by atoms with Crippen molar-refractivity contribution in [2.75, 3.05) is 0 Å². The summed E-state index contributed by atoms with van der Waals surface area (Å²) in [6.45, 7) is 1.67. The average molecular weight is 187 g/mol. The largest absolute Gasteiger partial charge is 0.507 e. The Hall–Kier alpha value is -1.22. The van der Waals surface area contributed by atoms with Crippen LogP contribution in [0.3, 0.4) is 0 Å². The fraction of sp³-hybridized carbons (Fsp3) is 0.125. The van der Waals surface area contributed by atoms with E-state index in [4.69, 9.17) is 21.8 Å². The Bertz CT molecular complexity index is 333. The molecule has 0 aliphatic rings. The van der Waals surface area contributed by atoms with Gasteiger partial charge in [-0.2, -0.15) is 0 Å². The Morgan fingerprint density at radius 1 is 1.50 bits per heavy atom. The standard InChI is InChI=1S/C8H7ClO3/c1-4-2-3-5(10)6(7(4)9)8(11)12/h2-3,10H,1H3,(H,11,12). The second-order valence-electron chi connectivity index (χ2n) is 2.40. The van der Waals surface area contributed by atoms with Crippen LogP contribution in [0.5, 0.6) is 5.75 Å². The van der Waals surface area contributed by atoms with Gasteiger partial charge in [-0.05, 0) is 18.6 Å². The van der Waals surface area contributed by atoms with Crippen LogP contribution in [0.2, 0.25) is 5.02 Å². The van der Waals surface area contributed by atoms with Crippen LogP contribution in [0, 0.1) is 6.92 Å². The first-order valence-corrected chi connectivity index (χ1v) is 3.63. The molecular weight excluding hydrogens is 180 g/mol. The molecule has 64 valence electrons. The molecule has 0 unspecified atom stereocenters. The summed E-state index contributed by atoms with van der Waals surface area (Å²) >= 11 is 5.65. The zero-order chi connectivity index (χ0) is 9.30. The quantitative estimate of drug-likeness (QED) is 0.706. The smallest absolute Gasteiger partial charge is 0.341 e. The summed E-state index contributed by atoms with van der Waals surface area (Å²) in [4.78, 5) is 10.6. The van der Waals surface area contributed by atoms with Gasteiger partial charge in [0.25, 0.3) is 0 Å². The van der Waals surface area contributed by atoms with E-state index < -0.39 is 5.97 Å². The van der Waals surface area contributed by atoms with Crippen LogP contribution in [-0.2, 0) is 0 Å². The molecule has 0 amide bonds. The maximum atomic E-state index is 10.6. The topological polar surface area (TPSA) is 57.5 Å². The first kappa shape index (κ1) is 8.87. The predicted octanol–water partition coefficient (Wildman–Crippen LogP) is 2.05. The zero-order valence-corrected chi connectivity index (χ0v) is 7.09. The molecule has 1 aromatic carbocycles. The van der Waals surface area contributed by atoms with Crippen LogP contribution >= 0.6 is 11.6 Å². The molecule has 0 bridgehead atoms. The molecule has 1 aromatic rings. The highest BCUT2D eigenvalue weighted by atomic mass is 35.5. The molecule has 0 aromatic heterocycles. The lowest BCUT2D eigenvalue weighted by Crippen LogP contribution is -1.98. The number of halogens is 1. The van der Waals surface area contributed by atoms with Crippen molar-refractivity contribution in [3.63, 3.8) is 0 Å². The van der Waals surface area contributed by atoms with E-state index in [0.29, 0.717) is 5.56 Å². The number of aromatic hydroxyl groups is 1. The molecule has 0 fully saturated rings. The van der Waals surface area contributed by atoms with Gasteiger partial charge in [-0.1, -0.05) is 17.7 Å². The summed E-state index contributed by atoms with van der Waals surface area (Å²) in [5.41, 5.74) is 0.392. The Balaban J connectivity index is 3.43. The van der Waals surface area contributed by atoms with Crippen LogP contribution in [0.15, 0.2) is 12.1 Å². The number of hydrogen-bond donors (Lipinski definition) is 2. The molecule has 0 atom stereocenters. The fourth-order valence-corrected chi connectivity index (χ4v) is 1.11. The second-order valence-corrected chi connectivity index (χ2v) is 2.77. The summed E-state index contributed by atoms with van der Waals surface area (Å²) in [6, 6.07) is 2.87. The van der Waals surface area contributed by atoms with Crippen molar-refractivity contribution in [1.82, 2.24) is 0 Å². The van der Waals surface area contributed by atoms with Gasteiger partial charge in [-0.25, -0.2) is 4.79 Å². The minimum atomic E-state index is -1.22. The van der Waals surface area contributed by atoms with Gasteiger partial charge in [0.05, 0.1) is 5.02 Å². The number of rotatable bonds is 1. The van der Waals surface area contributed by atoms with E-state index in [-0.39, 0.29) is 16.3 Å². The minimum Gasteiger partial charge on any atom is -0.507 e. The van der Waals surface area contributed by atoms with E-state index >= 15 is 0 Å². The summed E-state index contributed by atoms with van der Waals surface area (Å²) < 4.78 is 0. The summed E-state index contributed by atoms with van der Waals surface area (Å²) in [7, 11) is 0. The number of carbonyl (C=O) groups is 1. The number of aromatic carboxylic acids is 1. The Morgan fingerprint density at radius 3 is 2.50 bits per heavy atom. The van der Waals surface area contributed by atoms with Crippen LogP contribution in [-0.4, -0.2) is 16.2 Å². The molecular formula is C8H7ClO3. The third kappa shape index (κ3) is 1.36. The fourth-order valence-electron chi connectivity index (χ4n) is 0.873. The number of hydrogen-bond acceptors (Lipinski definition) is 2. The Kier molecular flexibility index (Phi) is 2.24. The van der Waals surface area contributed by atoms with E-state index in [2.05, 4.69) is 0 Å². The van der Waals surface area contributed by atoms with Crippen molar-refractivity contribution in [1.29, 1.82) is 0 Å². The van der Waals surface area contributed by atoms with Gasteiger partial charge in [0, 0.05) is 0 Å². The molecule has 12 heavy (non-hydrogen) atoms. The van der Waals surface area contributed by atoms with E-state index in [1.54, 1.807) is 13.0 Å². The van der Waals surface area contributed by atoms with Gasteiger partial charge >= 0.3 is 5.97 Å². The number of benzene rings is 1. The summed E-state index contributed by atoms with van der Waals surface area (Å²) in [5, 5.41) is 17.8. The van der Waals surface area contributed by atoms with Gasteiger partial charge < -0.3 is 10.2 Å². The molecule has 0 aliphatic carbocycles. The molecule has 0 radical (unpaired) electrons. The summed E-state index contributed by atoms with van der Waals surface area (Å²) in [5.74, 6) is -1.53. The highest BCUT2D eigenvalue weighted by Crippen LogP contribution is 2.28. The number of carboxylic acids is 1. The molecule has 3 nitrogen and oxygen atoms in total. The van der Waals surface area contributed by atoms with Crippen LogP contribution < -0.4 is 0 Å². The molecule has 1 rings (SSSR count). The lowest BCUT2D eigenvalue weighted by Gasteiger charge is -2.03. The number of aryl methyl sites for hydroxylation is 1. The first-order valence-electron chi connectivity index (χ1n) is 3.25. The van der Waals surface area contributed by atoms with Gasteiger partial charge in [-0.15, -0.1) is 0 Å². The molecule has 0 heterocycles. The molecule has 4 heteroatoms. The lowest BCUT2D eigenvalue weighted by atomic mass is 10.1. The van der Waals surface area contributed by atoms with E-state index in [9.17, 15) is 4.79 Å². The van der Waals surface area contributed by atoms with Gasteiger partial charge in [0.1, 0.15) is 11.3 Å². The SMILES string of the molecule is Cc1ccc(O)c(C(=O)O)c1Cl. The molecule has 0 saturated carbocycles. The van der Waals surface area contributed by atoms with Crippen molar-refractivity contribution in [2.24, 2.45) is 0 Å². The molecule has 0 spiro atoms. The maximum absolute atomic E-state index is 10.6. The predicted molar refractivity (Wildman–Crippen MR) is 44.8 cm³/mol. The van der Waals surface area contributed by atoms with Gasteiger partial charge in [0.2, 0.25) is 0 Å². The van der Waals surface area contributed by atoms with Gasteiger partial charge in [-0.3, -0.25) is 0 Å². The average Bonchev–Trinajstić information content (AvgIpc) is 1.97. The normalized spacial score (nSPS) is 9.83. The van der Waals surface area contributed by atoms with E-state index in [1.807, 2.05) is 0 Å². The van der Waals surface area contributed by atoms with Crippen molar-refractivity contribution in [2.45, 2.75) is 6.92 Å². The molecule has 0 saturated heterocycles. The zero-order valence-electron chi connectivity index (χ0n) is 6.34. The molecule has 0 aliphatic heterocycles. The molecule has 2 N–H and O–H groups in total. The lowest BCUT2D eigenvalue weighted by molar-refractivity contribution is 0.0694. The highest BCUT2D eigenvalue weighted by Gasteiger charge is 2.15. The second kappa shape index (κ2) is 3.03. The number of carboxylic acid groups (broad SMARTS) is 1. The van der Waals surface area contributed by atoms with Gasteiger partial charge in [0.15, 0.2) is 0 Å². The van der Waals surface area contributed by atoms with Crippen LogP contribution in [0.4, 0.5) is 0 Å². The highest BCUT2D eigenvalue weighted by molar-refractivity contribution is 6.34. The van der Waals surface area contributed by atoms with Crippen molar-refractivity contribution in [3.05, 3.63) is 28.3 Å². The third-order valence-electron chi connectivity index (χ3n) is 1.53.